The van der Waals surface area contributed by atoms with Crippen LogP contribution in [-0.4, -0.2) is 10.8 Å². The summed E-state index contributed by atoms with van der Waals surface area (Å²) in [7, 11) is 0. The van der Waals surface area contributed by atoms with E-state index >= 15 is 0 Å². The third-order valence-corrected chi connectivity index (χ3v) is 3.18. The van der Waals surface area contributed by atoms with Crippen molar-refractivity contribution in [1.29, 1.82) is 0 Å². The number of pyridine rings is 1. The highest BCUT2D eigenvalue weighted by Gasteiger charge is 2.15. The van der Waals surface area contributed by atoms with Crippen LogP contribution >= 0.6 is 23.2 Å². The number of carbonyl (C=O) groups excluding carboxylic acids is 1. The summed E-state index contributed by atoms with van der Waals surface area (Å²) in [5.74, 6) is -0.893. The van der Waals surface area contributed by atoms with Crippen LogP contribution in [0.25, 0.3) is 0 Å². The van der Waals surface area contributed by atoms with Gasteiger partial charge in [0.15, 0.2) is 5.78 Å². The minimum Gasteiger partial charge on any atom is -0.294 e. The number of halogens is 3. The van der Waals surface area contributed by atoms with Crippen LogP contribution in [0.5, 0.6) is 0 Å². The molecule has 0 amide bonds. The molecule has 2 aromatic rings. The van der Waals surface area contributed by atoms with Crippen LogP contribution in [0.4, 0.5) is 4.39 Å². The lowest BCUT2D eigenvalue weighted by Crippen LogP contribution is -2.05. The predicted octanol–water partition coefficient (Wildman–Crippen LogP) is 3.95. The van der Waals surface area contributed by atoms with E-state index in [9.17, 15) is 9.18 Å². The van der Waals surface area contributed by atoms with Crippen LogP contribution in [0.2, 0.25) is 10.0 Å². The van der Waals surface area contributed by atoms with Gasteiger partial charge in [0.05, 0.1) is 10.0 Å². The highest BCUT2D eigenvalue weighted by molar-refractivity contribution is 6.34. The molecule has 1 aromatic carbocycles. The molecule has 0 aliphatic heterocycles. The zero-order chi connectivity index (χ0) is 13.1. The van der Waals surface area contributed by atoms with Crippen LogP contribution in [-0.2, 0) is 6.42 Å². The molecule has 5 heteroatoms. The molecular formula is C13H8Cl2FNO. The van der Waals surface area contributed by atoms with Gasteiger partial charge in [0.2, 0.25) is 0 Å². The van der Waals surface area contributed by atoms with E-state index in [-0.39, 0.29) is 22.8 Å². The van der Waals surface area contributed by atoms with Crippen molar-refractivity contribution < 1.29 is 9.18 Å². The molecule has 18 heavy (non-hydrogen) atoms. The van der Waals surface area contributed by atoms with E-state index in [1.165, 1.54) is 24.4 Å². The summed E-state index contributed by atoms with van der Waals surface area (Å²) in [5, 5.41) is 0.242. The number of hydrogen-bond acceptors (Lipinski definition) is 2. The standard InChI is InChI=1S/C13H8Cl2FNO/c14-10-7-17-5-4-8(10)6-12(18)9-2-1-3-11(16)13(9)15/h1-5,7H,6H2. The van der Waals surface area contributed by atoms with Crippen LogP contribution in [0, 0.1) is 5.82 Å². The summed E-state index contributed by atoms with van der Waals surface area (Å²) in [5.41, 5.74) is 0.793. The molecule has 2 rings (SSSR count). The fourth-order valence-corrected chi connectivity index (χ4v) is 1.95. The number of carbonyl (C=O) groups is 1. The first-order chi connectivity index (χ1) is 8.59. The highest BCUT2D eigenvalue weighted by atomic mass is 35.5. The van der Waals surface area contributed by atoms with Crippen molar-refractivity contribution in [1.82, 2.24) is 4.98 Å². The fourth-order valence-electron chi connectivity index (χ4n) is 1.53. The summed E-state index contributed by atoms with van der Waals surface area (Å²) in [4.78, 5) is 15.8. The van der Waals surface area contributed by atoms with Crippen LogP contribution in [0.1, 0.15) is 15.9 Å². The molecule has 1 aromatic heterocycles. The molecule has 0 fully saturated rings. The van der Waals surface area contributed by atoms with Gasteiger partial charge in [-0.1, -0.05) is 29.3 Å². The Balaban J connectivity index is 2.28. The second kappa shape index (κ2) is 5.46. The van der Waals surface area contributed by atoms with E-state index in [1.54, 1.807) is 12.3 Å². The smallest absolute Gasteiger partial charge is 0.168 e. The summed E-state index contributed by atoms with van der Waals surface area (Å²) < 4.78 is 13.2. The number of hydrogen-bond donors (Lipinski definition) is 0. The molecule has 0 saturated carbocycles. The summed E-state index contributed by atoms with van der Waals surface area (Å²) in [6.07, 6.45) is 3.06. The molecule has 2 nitrogen and oxygen atoms in total. The lowest BCUT2D eigenvalue weighted by atomic mass is 10.0. The third-order valence-electron chi connectivity index (χ3n) is 2.46. The van der Waals surface area contributed by atoms with Crippen molar-refractivity contribution in [2.75, 3.05) is 0 Å². The summed E-state index contributed by atoms with van der Waals surface area (Å²) in [6.45, 7) is 0. The predicted molar refractivity (Wildman–Crippen MR) is 68.7 cm³/mol. The molecule has 0 unspecified atom stereocenters. The molecule has 1 heterocycles. The van der Waals surface area contributed by atoms with Crippen molar-refractivity contribution in [2.24, 2.45) is 0 Å². The number of ketones is 1. The van der Waals surface area contributed by atoms with Crippen molar-refractivity contribution in [3.05, 3.63) is 63.6 Å². The average molecular weight is 284 g/mol. The lowest BCUT2D eigenvalue weighted by molar-refractivity contribution is 0.0992. The number of benzene rings is 1. The van der Waals surface area contributed by atoms with E-state index in [2.05, 4.69) is 4.98 Å². The largest absolute Gasteiger partial charge is 0.294 e. The number of aromatic nitrogens is 1. The second-order valence-electron chi connectivity index (χ2n) is 3.67. The van der Waals surface area contributed by atoms with Crippen LogP contribution < -0.4 is 0 Å². The van der Waals surface area contributed by atoms with E-state index < -0.39 is 5.82 Å². The fraction of sp³-hybridized carbons (Fsp3) is 0.0769. The molecule has 0 aliphatic carbocycles. The Morgan fingerprint density at radius 1 is 1.28 bits per heavy atom. The number of Topliss-reactive ketones (excluding diaryl/α,β-unsaturated/α-hetero) is 1. The zero-order valence-electron chi connectivity index (χ0n) is 9.16. The Hall–Kier alpha value is -1.45. The Bertz CT molecular complexity index is 601. The lowest BCUT2D eigenvalue weighted by Gasteiger charge is -2.05. The van der Waals surface area contributed by atoms with Gasteiger partial charge in [0, 0.05) is 24.4 Å². The van der Waals surface area contributed by atoms with E-state index in [1.807, 2.05) is 0 Å². The quantitative estimate of drug-likeness (QED) is 0.799. The van der Waals surface area contributed by atoms with Crippen LogP contribution in [0.15, 0.2) is 36.7 Å². The number of rotatable bonds is 3. The Labute approximate surface area is 113 Å². The third kappa shape index (κ3) is 2.68. The maximum absolute atomic E-state index is 13.2. The van der Waals surface area contributed by atoms with Crippen molar-refractivity contribution in [3.63, 3.8) is 0 Å². The molecule has 92 valence electrons. The first-order valence-electron chi connectivity index (χ1n) is 5.15. The molecule has 0 bridgehead atoms. The van der Waals surface area contributed by atoms with Crippen molar-refractivity contribution in [2.45, 2.75) is 6.42 Å². The Morgan fingerprint density at radius 3 is 2.78 bits per heavy atom. The zero-order valence-corrected chi connectivity index (χ0v) is 10.7. The van der Waals surface area contributed by atoms with E-state index in [0.717, 1.165) is 0 Å². The Morgan fingerprint density at radius 2 is 2.06 bits per heavy atom. The van der Waals surface area contributed by atoms with Crippen molar-refractivity contribution in [3.8, 4) is 0 Å². The second-order valence-corrected chi connectivity index (χ2v) is 4.45. The van der Waals surface area contributed by atoms with Gasteiger partial charge in [-0.2, -0.15) is 0 Å². The molecule has 0 spiro atoms. The van der Waals surface area contributed by atoms with Crippen LogP contribution in [0.3, 0.4) is 0 Å². The minimum absolute atomic E-state index is 0.0600. The van der Waals surface area contributed by atoms with E-state index in [4.69, 9.17) is 23.2 Å². The van der Waals surface area contributed by atoms with Gasteiger partial charge < -0.3 is 0 Å². The van der Waals surface area contributed by atoms with Crippen molar-refractivity contribution >= 4 is 29.0 Å². The number of nitrogens with zero attached hydrogens (tertiary/aromatic N) is 1. The summed E-state index contributed by atoms with van der Waals surface area (Å²) >= 11 is 11.7. The monoisotopic (exact) mass is 283 g/mol. The first-order valence-corrected chi connectivity index (χ1v) is 5.91. The van der Waals surface area contributed by atoms with Gasteiger partial charge in [-0.15, -0.1) is 0 Å². The summed E-state index contributed by atoms with van der Waals surface area (Å²) in [6, 6.07) is 5.79. The maximum atomic E-state index is 13.2. The maximum Gasteiger partial charge on any atom is 0.168 e. The van der Waals surface area contributed by atoms with Gasteiger partial charge in [0.1, 0.15) is 5.82 Å². The van der Waals surface area contributed by atoms with Gasteiger partial charge in [-0.3, -0.25) is 9.78 Å². The molecular weight excluding hydrogens is 276 g/mol. The van der Waals surface area contributed by atoms with E-state index in [0.29, 0.717) is 10.6 Å². The van der Waals surface area contributed by atoms with Gasteiger partial charge in [-0.25, -0.2) is 4.39 Å². The minimum atomic E-state index is -0.608. The molecule has 0 N–H and O–H groups in total. The topological polar surface area (TPSA) is 30.0 Å². The van der Waals surface area contributed by atoms with Gasteiger partial charge in [0.25, 0.3) is 0 Å². The normalized spacial score (nSPS) is 10.4. The average Bonchev–Trinajstić information content (AvgIpc) is 2.35. The van der Waals surface area contributed by atoms with Gasteiger partial charge >= 0.3 is 0 Å². The Kier molecular flexibility index (Phi) is 3.94. The SMILES string of the molecule is O=C(Cc1ccncc1Cl)c1cccc(F)c1Cl. The first kappa shape index (κ1) is 13.0. The van der Waals surface area contributed by atoms with Gasteiger partial charge in [-0.05, 0) is 23.8 Å². The molecule has 0 radical (unpaired) electrons. The molecule has 0 atom stereocenters. The molecule has 0 aliphatic rings. The highest BCUT2D eigenvalue weighted by Crippen LogP contribution is 2.22. The molecule has 0 saturated heterocycles.